The molecule has 3 nitrogen and oxygen atoms in total. The molecular formula is C8H16N2OS. The number of nitrogens with one attached hydrogen (secondary N) is 1. The van der Waals surface area contributed by atoms with Gasteiger partial charge >= 0.3 is 0 Å². The van der Waals surface area contributed by atoms with Gasteiger partial charge in [-0.15, -0.1) is 0 Å². The molecule has 1 heterocycles. The second-order valence-electron chi connectivity index (χ2n) is 2.89. The molecule has 0 saturated heterocycles. The fraction of sp³-hybridized carbons (Fsp3) is 0.875. The quantitative estimate of drug-likeness (QED) is 0.720. The Morgan fingerprint density at radius 3 is 3.17 bits per heavy atom. The van der Waals surface area contributed by atoms with Gasteiger partial charge < -0.3 is 10.1 Å². The number of aliphatic imine (C=N–C) groups is 1. The second kappa shape index (κ2) is 5.43. The number of ether oxygens (including phenoxy) is 1. The lowest BCUT2D eigenvalue weighted by atomic mass is 10.4. The van der Waals surface area contributed by atoms with Crippen molar-refractivity contribution in [2.24, 2.45) is 4.99 Å². The third-order valence-electron chi connectivity index (χ3n) is 1.58. The normalized spacial score (nSPS) is 20.0. The number of nitrogens with zero attached hydrogens (tertiary/aromatic N) is 1. The maximum Gasteiger partial charge on any atom is 0.156 e. The van der Waals surface area contributed by atoms with Crippen LogP contribution < -0.4 is 5.32 Å². The maximum absolute atomic E-state index is 5.02. The molecule has 0 radical (unpaired) electrons. The summed E-state index contributed by atoms with van der Waals surface area (Å²) in [6, 6.07) is 0.361. The Balaban J connectivity index is 2.24. The Kier molecular flexibility index (Phi) is 4.46. The van der Waals surface area contributed by atoms with Crippen LogP contribution in [0.4, 0.5) is 0 Å². The highest BCUT2D eigenvalue weighted by molar-refractivity contribution is 8.13. The average Bonchev–Trinajstić information content (AvgIpc) is 2.06. The highest BCUT2D eigenvalue weighted by atomic mass is 32.2. The van der Waals surface area contributed by atoms with E-state index in [0.717, 1.165) is 18.3 Å². The van der Waals surface area contributed by atoms with Crippen molar-refractivity contribution >= 4 is 16.9 Å². The molecule has 1 N–H and O–H groups in total. The zero-order valence-electron chi connectivity index (χ0n) is 7.67. The minimum Gasteiger partial charge on any atom is -0.383 e. The first-order valence-corrected chi connectivity index (χ1v) is 5.24. The van der Waals surface area contributed by atoms with Gasteiger partial charge in [0.2, 0.25) is 0 Å². The average molecular weight is 188 g/mol. The third kappa shape index (κ3) is 3.45. The van der Waals surface area contributed by atoms with E-state index in [2.05, 4.69) is 17.2 Å². The van der Waals surface area contributed by atoms with Crippen LogP contribution in [0.2, 0.25) is 0 Å². The van der Waals surface area contributed by atoms with Crippen LogP contribution in [0.25, 0.3) is 0 Å². The van der Waals surface area contributed by atoms with Crippen LogP contribution in [0.15, 0.2) is 4.99 Å². The van der Waals surface area contributed by atoms with Gasteiger partial charge in [-0.25, -0.2) is 0 Å². The third-order valence-corrected chi connectivity index (χ3v) is 2.60. The lowest BCUT2D eigenvalue weighted by molar-refractivity contribution is 0.179. The topological polar surface area (TPSA) is 33.6 Å². The van der Waals surface area contributed by atoms with E-state index in [9.17, 15) is 0 Å². The first-order chi connectivity index (χ1) is 5.83. The smallest absolute Gasteiger partial charge is 0.156 e. The molecule has 0 aliphatic carbocycles. The van der Waals surface area contributed by atoms with Crippen LogP contribution in [0.3, 0.4) is 0 Å². The van der Waals surface area contributed by atoms with Gasteiger partial charge in [-0.1, -0.05) is 11.8 Å². The van der Waals surface area contributed by atoms with E-state index in [1.807, 2.05) is 0 Å². The summed E-state index contributed by atoms with van der Waals surface area (Å²) in [6.07, 6.45) is 1.20. The SMILES string of the molecule is COCC(C)NC1=NCCCS1. The lowest BCUT2D eigenvalue weighted by Gasteiger charge is -2.17. The van der Waals surface area contributed by atoms with Gasteiger partial charge in [0.15, 0.2) is 5.17 Å². The highest BCUT2D eigenvalue weighted by Crippen LogP contribution is 2.10. The van der Waals surface area contributed by atoms with Gasteiger partial charge in [-0.2, -0.15) is 0 Å². The van der Waals surface area contributed by atoms with Crippen molar-refractivity contribution in [3.63, 3.8) is 0 Å². The van der Waals surface area contributed by atoms with Crippen molar-refractivity contribution in [2.45, 2.75) is 19.4 Å². The van der Waals surface area contributed by atoms with Crippen molar-refractivity contribution < 1.29 is 4.74 Å². The summed E-state index contributed by atoms with van der Waals surface area (Å²) in [4.78, 5) is 4.36. The van der Waals surface area contributed by atoms with E-state index in [1.54, 1.807) is 18.9 Å². The van der Waals surface area contributed by atoms with Gasteiger partial charge in [0.25, 0.3) is 0 Å². The fourth-order valence-corrected chi connectivity index (χ4v) is 1.98. The Morgan fingerprint density at radius 1 is 1.75 bits per heavy atom. The molecule has 70 valence electrons. The largest absolute Gasteiger partial charge is 0.383 e. The van der Waals surface area contributed by atoms with E-state index >= 15 is 0 Å². The molecule has 12 heavy (non-hydrogen) atoms. The molecule has 0 aromatic rings. The molecule has 1 atom stereocenters. The van der Waals surface area contributed by atoms with Crippen molar-refractivity contribution in [2.75, 3.05) is 26.0 Å². The predicted molar refractivity (Wildman–Crippen MR) is 53.9 cm³/mol. The molecule has 0 fully saturated rings. The van der Waals surface area contributed by atoms with E-state index in [1.165, 1.54) is 12.2 Å². The lowest BCUT2D eigenvalue weighted by Crippen LogP contribution is -2.35. The Bertz CT molecular complexity index is 161. The summed E-state index contributed by atoms with van der Waals surface area (Å²) in [5.41, 5.74) is 0. The molecule has 4 heteroatoms. The molecule has 0 aromatic carbocycles. The summed E-state index contributed by atoms with van der Waals surface area (Å²) in [5, 5.41) is 4.38. The van der Waals surface area contributed by atoms with Crippen molar-refractivity contribution in [3.8, 4) is 0 Å². The van der Waals surface area contributed by atoms with Crippen LogP contribution in [0, 0.1) is 0 Å². The predicted octanol–water partition coefficient (Wildman–Crippen LogP) is 1.10. The summed E-state index contributed by atoms with van der Waals surface area (Å²) in [5.74, 6) is 1.19. The Labute approximate surface area is 78.0 Å². The van der Waals surface area contributed by atoms with Gasteiger partial charge in [-0.3, -0.25) is 4.99 Å². The molecular weight excluding hydrogens is 172 g/mol. The van der Waals surface area contributed by atoms with E-state index < -0.39 is 0 Å². The van der Waals surface area contributed by atoms with Crippen molar-refractivity contribution in [3.05, 3.63) is 0 Å². The van der Waals surface area contributed by atoms with Crippen LogP contribution in [0.1, 0.15) is 13.3 Å². The number of methoxy groups -OCH3 is 1. The van der Waals surface area contributed by atoms with Crippen LogP contribution in [0.5, 0.6) is 0 Å². The number of hydrogen-bond donors (Lipinski definition) is 1. The zero-order valence-corrected chi connectivity index (χ0v) is 8.49. The summed E-state index contributed by atoms with van der Waals surface area (Å²) < 4.78 is 5.02. The molecule has 1 unspecified atom stereocenters. The minimum atomic E-state index is 0.361. The number of thioether (sulfide) groups is 1. The monoisotopic (exact) mass is 188 g/mol. The minimum absolute atomic E-state index is 0.361. The highest BCUT2D eigenvalue weighted by Gasteiger charge is 2.08. The standard InChI is InChI=1S/C8H16N2OS/c1-7(6-11-2)10-8-9-4-3-5-12-8/h7H,3-6H2,1-2H3,(H,9,10). The second-order valence-corrected chi connectivity index (χ2v) is 3.97. The van der Waals surface area contributed by atoms with Crippen molar-refractivity contribution in [1.82, 2.24) is 5.32 Å². The summed E-state index contributed by atoms with van der Waals surface area (Å²) in [6.45, 7) is 3.80. The maximum atomic E-state index is 5.02. The van der Waals surface area contributed by atoms with E-state index in [4.69, 9.17) is 4.74 Å². The molecule has 1 aliphatic rings. The van der Waals surface area contributed by atoms with Crippen molar-refractivity contribution in [1.29, 1.82) is 0 Å². The van der Waals surface area contributed by atoms with Crippen LogP contribution >= 0.6 is 11.8 Å². The molecule has 0 spiro atoms. The molecule has 0 saturated carbocycles. The van der Waals surface area contributed by atoms with Crippen LogP contribution in [-0.2, 0) is 4.74 Å². The molecule has 1 aliphatic heterocycles. The number of hydrogen-bond acceptors (Lipinski definition) is 4. The van der Waals surface area contributed by atoms with Crippen LogP contribution in [-0.4, -0.2) is 37.2 Å². The van der Waals surface area contributed by atoms with E-state index in [0.29, 0.717) is 6.04 Å². The molecule has 1 rings (SSSR count). The Morgan fingerprint density at radius 2 is 2.58 bits per heavy atom. The first-order valence-electron chi connectivity index (χ1n) is 4.25. The summed E-state index contributed by atoms with van der Waals surface area (Å²) in [7, 11) is 1.72. The zero-order chi connectivity index (χ0) is 8.81. The molecule has 0 bridgehead atoms. The molecule has 0 amide bonds. The van der Waals surface area contributed by atoms with Gasteiger partial charge in [0.1, 0.15) is 0 Å². The first kappa shape index (κ1) is 9.86. The Hall–Kier alpha value is -0.220. The fourth-order valence-electron chi connectivity index (χ4n) is 1.05. The number of rotatable bonds is 3. The van der Waals surface area contributed by atoms with Gasteiger partial charge in [0, 0.05) is 25.4 Å². The van der Waals surface area contributed by atoms with E-state index in [-0.39, 0.29) is 0 Å². The molecule has 0 aromatic heterocycles. The summed E-state index contributed by atoms with van der Waals surface area (Å²) >= 11 is 1.80. The van der Waals surface area contributed by atoms with Gasteiger partial charge in [0.05, 0.1) is 6.61 Å². The van der Waals surface area contributed by atoms with Gasteiger partial charge in [-0.05, 0) is 13.3 Å². The number of amidine groups is 1.